The van der Waals surface area contributed by atoms with Gasteiger partial charge in [0.25, 0.3) is 0 Å². The summed E-state index contributed by atoms with van der Waals surface area (Å²) < 4.78 is 13.6. The largest absolute Gasteiger partial charge is 0.356 e. The Morgan fingerprint density at radius 2 is 1.96 bits per heavy atom. The van der Waals surface area contributed by atoms with Crippen LogP contribution in [-0.2, 0) is 16.8 Å². The van der Waals surface area contributed by atoms with Gasteiger partial charge in [0.15, 0.2) is 5.96 Å². The molecule has 0 saturated heterocycles. The van der Waals surface area contributed by atoms with E-state index in [-0.39, 0.29) is 47.7 Å². The van der Waals surface area contributed by atoms with Gasteiger partial charge in [-0.15, -0.1) is 35.3 Å². The number of rotatable bonds is 7. The van der Waals surface area contributed by atoms with Gasteiger partial charge in [-0.05, 0) is 29.1 Å². The van der Waals surface area contributed by atoms with Gasteiger partial charge in [0.05, 0.1) is 6.54 Å². The van der Waals surface area contributed by atoms with Crippen molar-refractivity contribution in [1.82, 2.24) is 15.5 Å². The van der Waals surface area contributed by atoms with Gasteiger partial charge in [0.2, 0.25) is 5.91 Å². The van der Waals surface area contributed by atoms with Gasteiger partial charge in [-0.25, -0.2) is 9.38 Å². The van der Waals surface area contributed by atoms with Gasteiger partial charge >= 0.3 is 0 Å². The number of carbonyl (C=O) groups excluding carboxylic acids is 1. The number of likely N-dealkylation sites (N-methyl/N-ethyl adjacent to an activating group) is 1. The van der Waals surface area contributed by atoms with Crippen LogP contribution in [0.1, 0.15) is 24.3 Å². The van der Waals surface area contributed by atoms with Crippen molar-refractivity contribution in [2.75, 3.05) is 27.2 Å². The Morgan fingerprint density at radius 3 is 2.57 bits per heavy atom. The second-order valence-electron chi connectivity index (χ2n) is 7.13. The van der Waals surface area contributed by atoms with Crippen molar-refractivity contribution in [1.29, 1.82) is 0 Å². The zero-order valence-corrected chi connectivity index (χ0v) is 19.8. The predicted octanol–water partition coefficient (Wildman–Crippen LogP) is 3.61. The number of nitrogens with one attached hydrogen (secondary N) is 2. The molecule has 0 spiro atoms. The van der Waals surface area contributed by atoms with E-state index < -0.39 is 0 Å². The van der Waals surface area contributed by atoms with Crippen molar-refractivity contribution in [3.05, 3.63) is 58.0 Å². The minimum Gasteiger partial charge on any atom is -0.356 e. The Kier molecular flexibility index (Phi) is 9.88. The molecule has 8 heteroatoms. The van der Waals surface area contributed by atoms with Crippen LogP contribution in [0, 0.1) is 5.82 Å². The van der Waals surface area contributed by atoms with Crippen LogP contribution in [0.3, 0.4) is 0 Å². The number of hydrogen-bond acceptors (Lipinski definition) is 3. The Labute approximate surface area is 187 Å². The van der Waals surface area contributed by atoms with E-state index in [4.69, 9.17) is 0 Å². The summed E-state index contributed by atoms with van der Waals surface area (Å²) in [4.78, 5) is 18.9. The van der Waals surface area contributed by atoms with Crippen LogP contribution in [0.2, 0.25) is 0 Å². The quantitative estimate of drug-likeness (QED) is 0.335. The number of nitrogens with zero attached hydrogens (tertiary/aromatic N) is 2. The molecule has 0 aliphatic carbocycles. The van der Waals surface area contributed by atoms with Crippen molar-refractivity contribution in [3.63, 3.8) is 0 Å². The molecule has 0 bridgehead atoms. The van der Waals surface area contributed by atoms with E-state index in [0.717, 1.165) is 5.56 Å². The first-order valence-corrected chi connectivity index (χ1v) is 9.66. The van der Waals surface area contributed by atoms with Crippen molar-refractivity contribution in [2.24, 2.45) is 4.99 Å². The molecule has 1 aromatic carbocycles. The van der Waals surface area contributed by atoms with Crippen molar-refractivity contribution in [2.45, 2.75) is 25.8 Å². The summed E-state index contributed by atoms with van der Waals surface area (Å²) in [5, 5.41) is 8.56. The maximum atomic E-state index is 13.6. The van der Waals surface area contributed by atoms with Crippen LogP contribution < -0.4 is 10.6 Å². The normalized spacial score (nSPS) is 11.5. The molecule has 0 fully saturated rings. The fraction of sp³-hybridized carbons (Fsp3) is 0.400. The highest BCUT2D eigenvalue weighted by molar-refractivity contribution is 14.0. The van der Waals surface area contributed by atoms with Crippen LogP contribution in [-0.4, -0.2) is 44.0 Å². The third-order valence-corrected chi connectivity index (χ3v) is 5.06. The number of guanidine groups is 1. The highest BCUT2D eigenvalue weighted by Crippen LogP contribution is 2.22. The summed E-state index contributed by atoms with van der Waals surface area (Å²) in [6, 6.07) is 10.6. The summed E-state index contributed by atoms with van der Waals surface area (Å²) in [5.41, 5.74) is 0.593. The number of halogens is 2. The second-order valence-corrected chi connectivity index (χ2v) is 8.17. The van der Waals surface area contributed by atoms with Gasteiger partial charge in [-0.2, -0.15) is 0 Å². The molecule has 28 heavy (non-hydrogen) atoms. The van der Waals surface area contributed by atoms with Gasteiger partial charge in [0, 0.05) is 30.9 Å². The van der Waals surface area contributed by atoms with E-state index in [1.807, 2.05) is 37.4 Å². The highest BCUT2D eigenvalue weighted by Gasteiger charge is 2.21. The van der Waals surface area contributed by atoms with Crippen molar-refractivity contribution in [3.8, 4) is 0 Å². The lowest BCUT2D eigenvalue weighted by molar-refractivity contribution is -0.127. The van der Waals surface area contributed by atoms with Crippen LogP contribution in [0.25, 0.3) is 0 Å². The van der Waals surface area contributed by atoms with Crippen molar-refractivity contribution >= 4 is 47.2 Å². The summed E-state index contributed by atoms with van der Waals surface area (Å²) >= 11 is 1.65. The Bertz CT molecular complexity index is 778. The molecule has 0 saturated carbocycles. The fourth-order valence-corrected chi connectivity index (χ4v) is 3.01. The Balaban J connectivity index is 0.00000392. The van der Waals surface area contributed by atoms with Gasteiger partial charge in [-0.1, -0.05) is 32.0 Å². The predicted molar refractivity (Wildman–Crippen MR) is 125 cm³/mol. The third-order valence-electron chi connectivity index (χ3n) is 4.19. The van der Waals surface area contributed by atoms with E-state index in [0.29, 0.717) is 19.0 Å². The summed E-state index contributed by atoms with van der Waals surface area (Å²) in [6.07, 6.45) is 0. The van der Waals surface area contributed by atoms with Gasteiger partial charge in [0.1, 0.15) is 12.4 Å². The number of aliphatic imine (C=N–C) groups is 1. The molecule has 0 aliphatic rings. The SMILES string of the molecule is CN(C)C(=O)CN=C(NCc1cccs1)NCC(C)(C)c1cccc(F)c1.I. The highest BCUT2D eigenvalue weighted by atomic mass is 127. The standard InChI is InChI=1S/C20H27FN4OS.HI/c1-20(2,15-7-5-8-16(21)11-15)14-24-19(23-13-18(26)25(3)4)22-12-17-9-6-10-27-17;/h5-11H,12-14H2,1-4H3,(H2,22,23,24);1H. The topological polar surface area (TPSA) is 56.7 Å². The van der Waals surface area contributed by atoms with E-state index >= 15 is 0 Å². The lowest BCUT2D eigenvalue weighted by atomic mass is 9.84. The summed E-state index contributed by atoms with van der Waals surface area (Å²) in [5.74, 6) is 0.238. The lowest BCUT2D eigenvalue weighted by Crippen LogP contribution is -2.43. The van der Waals surface area contributed by atoms with E-state index in [9.17, 15) is 9.18 Å². The maximum Gasteiger partial charge on any atom is 0.243 e. The first-order chi connectivity index (χ1) is 12.8. The minimum atomic E-state index is -0.307. The molecule has 1 amide bonds. The number of thiophene rings is 1. The van der Waals surface area contributed by atoms with Gasteiger partial charge < -0.3 is 15.5 Å². The summed E-state index contributed by atoms with van der Waals surface area (Å²) in [6.45, 7) is 5.31. The maximum absolute atomic E-state index is 13.6. The molecule has 0 unspecified atom stereocenters. The smallest absolute Gasteiger partial charge is 0.243 e. The van der Waals surface area contributed by atoms with Crippen LogP contribution in [0.4, 0.5) is 4.39 Å². The first-order valence-electron chi connectivity index (χ1n) is 8.79. The van der Waals surface area contributed by atoms with Crippen LogP contribution in [0.5, 0.6) is 0 Å². The molecule has 0 aliphatic heterocycles. The minimum absolute atomic E-state index is 0. The molecule has 5 nitrogen and oxygen atoms in total. The number of benzene rings is 1. The number of amides is 1. The molecule has 2 aromatic rings. The molecule has 2 rings (SSSR count). The zero-order valence-electron chi connectivity index (χ0n) is 16.7. The summed E-state index contributed by atoms with van der Waals surface area (Å²) in [7, 11) is 3.41. The molecule has 1 heterocycles. The molecule has 2 N–H and O–H groups in total. The van der Waals surface area contributed by atoms with Crippen molar-refractivity contribution < 1.29 is 9.18 Å². The second kappa shape index (κ2) is 11.4. The molecule has 1 aromatic heterocycles. The monoisotopic (exact) mass is 518 g/mol. The first kappa shape index (κ1) is 24.4. The molecular formula is C20H28FIN4OS. The molecule has 0 radical (unpaired) electrons. The van der Waals surface area contributed by atoms with E-state index in [1.165, 1.54) is 15.8 Å². The molecule has 154 valence electrons. The lowest BCUT2D eigenvalue weighted by Gasteiger charge is -2.27. The fourth-order valence-electron chi connectivity index (χ4n) is 2.36. The molecule has 0 atom stereocenters. The van der Waals surface area contributed by atoms with Crippen LogP contribution in [0.15, 0.2) is 46.8 Å². The zero-order chi connectivity index (χ0) is 19.9. The number of hydrogen-bond donors (Lipinski definition) is 2. The van der Waals surface area contributed by atoms with E-state index in [1.54, 1.807) is 37.6 Å². The van der Waals surface area contributed by atoms with Crippen LogP contribution >= 0.6 is 35.3 Å². The average molecular weight is 518 g/mol. The third kappa shape index (κ3) is 7.75. The Morgan fingerprint density at radius 1 is 1.21 bits per heavy atom. The number of carbonyl (C=O) groups is 1. The van der Waals surface area contributed by atoms with Gasteiger partial charge in [-0.3, -0.25) is 4.79 Å². The molecular weight excluding hydrogens is 490 g/mol. The Hall–Kier alpha value is -1.68. The average Bonchev–Trinajstić information content (AvgIpc) is 3.14. The van der Waals surface area contributed by atoms with E-state index in [2.05, 4.69) is 15.6 Å².